The van der Waals surface area contributed by atoms with E-state index >= 15 is 0 Å². The lowest BCUT2D eigenvalue weighted by atomic mass is 9.78. The normalized spacial score (nSPS) is 19.8. The Morgan fingerprint density at radius 3 is 2.58 bits per heavy atom. The van der Waals surface area contributed by atoms with Crippen molar-refractivity contribution in [3.05, 3.63) is 47.6 Å². The third-order valence-electron chi connectivity index (χ3n) is 4.76. The molecule has 0 bridgehead atoms. The third-order valence-corrected chi connectivity index (χ3v) is 4.76. The first kappa shape index (κ1) is 16.6. The quantitative estimate of drug-likeness (QED) is 0.886. The molecule has 130 valence electrons. The van der Waals surface area contributed by atoms with Gasteiger partial charge in [-0.2, -0.15) is 0 Å². The number of halogens is 1. The van der Waals surface area contributed by atoms with Gasteiger partial charge in [-0.05, 0) is 42.4 Å². The number of carboxylic acid groups (broad SMARTS) is 1. The van der Waals surface area contributed by atoms with Crippen molar-refractivity contribution in [2.24, 2.45) is 5.92 Å². The van der Waals surface area contributed by atoms with Gasteiger partial charge in [-0.1, -0.05) is 17.7 Å². The summed E-state index contributed by atoms with van der Waals surface area (Å²) in [6, 6.07) is 6.58. The molecular weight excluding hydrogens is 313 g/mol. The number of carbonyl (C=O) groups is 1. The van der Waals surface area contributed by atoms with E-state index in [1.165, 1.54) is 17.0 Å². The van der Waals surface area contributed by atoms with Crippen LogP contribution in [0.5, 0.6) is 0 Å². The summed E-state index contributed by atoms with van der Waals surface area (Å²) in [6.07, 6.45) is 3.32. The van der Waals surface area contributed by atoms with Gasteiger partial charge in [0.15, 0.2) is 0 Å². The van der Waals surface area contributed by atoms with Gasteiger partial charge in [0.1, 0.15) is 11.6 Å². The standard InChI is InChI=1S/C17H22FN3O3/c1-20-11-15(24-19-20)10-16(12-2-4-14(18)5-3-12)13-6-8-21(9-7-13)17(22)23/h2-5,11,13,16,19H,6-10H2,1H3,(H,22,23). The lowest BCUT2D eigenvalue weighted by molar-refractivity contribution is 0.0296. The maximum absolute atomic E-state index is 13.3. The number of likely N-dealkylation sites (tertiary alicyclic amines) is 1. The highest BCUT2D eigenvalue weighted by Gasteiger charge is 2.31. The van der Waals surface area contributed by atoms with Gasteiger partial charge in [0.2, 0.25) is 0 Å². The fourth-order valence-electron chi connectivity index (χ4n) is 3.47. The van der Waals surface area contributed by atoms with Crippen LogP contribution >= 0.6 is 0 Å². The molecule has 2 heterocycles. The molecule has 1 amide bonds. The number of amides is 1. The molecule has 0 aromatic heterocycles. The van der Waals surface area contributed by atoms with Gasteiger partial charge in [-0.15, -0.1) is 0 Å². The van der Waals surface area contributed by atoms with Crippen molar-refractivity contribution in [3.8, 4) is 0 Å². The predicted octanol–water partition coefficient (Wildman–Crippen LogP) is 2.91. The highest BCUT2D eigenvalue weighted by molar-refractivity contribution is 5.65. The number of piperidine rings is 1. The molecule has 1 aromatic carbocycles. The molecule has 0 aliphatic carbocycles. The molecule has 0 saturated carbocycles. The molecule has 2 N–H and O–H groups in total. The second-order valence-corrected chi connectivity index (χ2v) is 6.37. The second kappa shape index (κ2) is 7.09. The molecular formula is C17H22FN3O3. The van der Waals surface area contributed by atoms with E-state index in [-0.39, 0.29) is 11.7 Å². The lowest BCUT2D eigenvalue weighted by Gasteiger charge is -2.35. The van der Waals surface area contributed by atoms with Gasteiger partial charge in [0, 0.05) is 26.6 Å². The van der Waals surface area contributed by atoms with Gasteiger partial charge in [-0.3, -0.25) is 5.01 Å². The van der Waals surface area contributed by atoms with Gasteiger partial charge in [0.25, 0.3) is 0 Å². The molecule has 1 unspecified atom stereocenters. The summed E-state index contributed by atoms with van der Waals surface area (Å²) >= 11 is 0. The molecule has 0 radical (unpaired) electrons. The van der Waals surface area contributed by atoms with Crippen molar-refractivity contribution >= 4 is 6.09 Å². The van der Waals surface area contributed by atoms with Crippen LogP contribution in [-0.4, -0.2) is 41.2 Å². The molecule has 1 saturated heterocycles. The minimum absolute atomic E-state index is 0.168. The zero-order valence-corrected chi connectivity index (χ0v) is 13.6. The van der Waals surface area contributed by atoms with Crippen molar-refractivity contribution in [2.75, 3.05) is 20.1 Å². The average Bonchev–Trinajstić information content (AvgIpc) is 2.99. The van der Waals surface area contributed by atoms with E-state index < -0.39 is 6.09 Å². The Morgan fingerprint density at radius 2 is 2.04 bits per heavy atom. The number of allylic oxidation sites excluding steroid dienone is 1. The summed E-state index contributed by atoms with van der Waals surface area (Å²) in [5.74, 6) is 1.07. The Hall–Kier alpha value is -2.28. The molecule has 1 atom stereocenters. The molecule has 3 rings (SSSR count). The fourth-order valence-corrected chi connectivity index (χ4v) is 3.47. The predicted molar refractivity (Wildman–Crippen MR) is 86.1 cm³/mol. The zero-order valence-electron chi connectivity index (χ0n) is 13.6. The summed E-state index contributed by atoms with van der Waals surface area (Å²) in [7, 11) is 1.85. The van der Waals surface area contributed by atoms with E-state index in [1.807, 2.05) is 25.4 Å². The fraction of sp³-hybridized carbons (Fsp3) is 0.471. The first-order valence-electron chi connectivity index (χ1n) is 8.12. The van der Waals surface area contributed by atoms with Gasteiger partial charge in [-0.25, -0.2) is 9.18 Å². The number of hydrazine groups is 1. The number of hydrogen-bond acceptors (Lipinski definition) is 4. The van der Waals surface area contributed by atoms with E-state index in [9.17, 15) is 9.18 Å². The summed E-state index contributed by atoms with van der Waals surface area (Å²) in [4.78, 5) is 18.0. The SMILES string of the molecule is CN1C=C(CC(c2ccc(F)cc2)C2CCN(C(=O)O)CC2)ON1. The average molecular weight is 335 g/mol. The first-order valence-corrected chi connectivity index (χ1v) is 8.12. The van der Waals surface area contributed by atoms with Crippen LogP contribution in [0.25, 0.3) is 0 Å². The first-order chi connectivity index (χ1) is 11.5. The van der Waals surface area contributed by atoms with Crippen LogP contribution in [0.15, 0.2) is 36.2 Å². The largest absolute Gasteiger partial charge is 0.465 e. The van der Waals surface area contributed by atoms with Crippen LogP contribution in [0.3, 0.4) is 0 Å². The highest BCUT2D eigenvalue weighted by atomic mass is 19.1. The Labute approximate surface area is 140 Å². The molecule has 0 spiro atoms. The number of nitrogens with one attached hydrogen (secondary N) is 1. The molecule has 7 heteroatoms. The van der Waals surface area contributed by atoms with E-state index in [1.54, 1.807) is 5.01 Å². The van der Waals surface area contributed by atoms with Crippen LogP contribution < -0.4 is 5.59 Å². The van der Waals surface area contributed by atoms with Crippen LogP contribution in [0.2, 0.25) is 0 Å². The maximum atomic E-state index is 13.3. The Morgan fingerprint density at radius 1 is 1.38 bits per heavy atom. The molecule has 6 nitrogen and oxygen atoms in total. The maximum Gasteiger partial charge on any atom is 0.407 e. The van der Waals surface area contributed by atoms with Crippen molar-refractivity contribution in [2.45, 2.75) is 25.2 Å². The summed E-state index contributed by atoms with van der Waals surface area (Å²) < 4.78 is 13.3. The van der Waals surface area contributed by atoms with Crippen molar-refractivity contribution < 1.29 is 19.1 Å². The van der Waals surface area contributed by atoms with Crippen LogP contribution in [0, 0.1) is 11.7 Å². The highest BCUT2D eigenvalue weighted by Crippen LogP contribution is 2.38. The van der Waals surface area contributed by atoms with Crippen molar-refractivity contribution in [1.82, 2.24) is 15.5 Å². The minimum atomic E-state index is -0.862. The van der Waals surface area contributed by atoms with Crippen LogP contribution in [0.4, 0.5) is 9.18 Å². The Bertz CT molecular complexity index is 612. The smallest absolute Gasteiger partial charge is 0.407 e. The monoisotopic (exact) mass is 335 g/mol. The zero-order chi connectivity index (χ0) is 17.1. The molecule has 1 aromatic rings. The topological polar surface area (TPSA) is 65.0 Å². The molecule has 24 heavy (non-hydrogen) atoms. The van der Waals surface area contributed by atoms with Gasteiger partial charge < -0.3 is 14.8 Å². The summed E-state index contributed by atoms with van der Waals surface area (Å²) in [5, 5.41) is 10.9. The molecule has 1 fully saturated rings. The third kappa shape index (κ3) is 3.79. The van der Waals surface area contributed by atoms with Crippen LogP contribution in [0.1, 0.15) is 30.7 Å². The minimum Gasteiger partial charge on any atom is -0.465 e. The summed E-state index contributed by atoms with van der Waals surface area (Å²) in [5.41, 5.74) is 3.81. The lowest BCUT2D eigenvalue weighted by Crippen LogP contribution is -2.39. The van der Waals surface area contributed by atoms with E-state index in [0.29, 0.717) is 25.4 Å². The molecule has 2 aliphatic rings. The number of nitrogens with zero attached hydrogens (tertiary/aromatic N) is 2. The van der Waals surface area contributed by atoms with Gasteiger partial charge >= 0.3 is 6.09 Å². The van der Waals surface area contributed by atoms with E-state index in [2.05, 4.69) is 5.59 Å². The molecule has 2 aliphatic heterocycles. The number of rotatable bonds is 4. The Balaban J connectivity index is 1.76. The van der Waals surface area contributed by atoms with Crippen LogP contribution in [-0.2, 0) is 4.84 Å². The number of hydrogen-bond donors (Lipinski definition) is 2. The Kier molecular flexibility index (Phi) is 4.89. The van der Waals surface area contributed by atoms with Crippen molar-refractivity contribution in [1.29, 1.82) is 0 Å². The van der Waals surface area contributed by atoms with Gasteiger partial charge in [0.05, 0.1) is 6.20 Å². The number of benzene rings is 1. The van der Waals surface area contributed by atoms with Crippen molar-refractivity contribution in [3.63, 3.8) is 0 Å². The second-order valence-electron chi connectivity index (χ2n) is 6.37. The summed E-state index contributed by atoms with van der Waals surface area (Å²) in [6.45, 7) is 1.07. The van der Waals surface area contributed by atoms with E-state index in [4.69, 9.17) is 9.94 Å². The van der Waals surface area contributed by atoms with E-state index in [0.717, 1.165) is 24.2 Å².